The molecule has 0 atom stereocenters. The van der Waals surface area contributed by atoms with E-state index in [-0.39, 0.29) is 63.8 Å². The summed E-state index contributed by atoms with van der Waals surface area (Å²) in [7, 11) is 1.00. The van der Waals surface area contributed by atoms with Crippen LogP contribution in [0.3, 0.4) is 0 Å². The van der Waals surface area contributed by atoms with Gasteiger partial charge in [0.15, 0.2) is 0 Å². The van der Waals surface area contributed by atoms with E-state index in [9.17, 15) is 0 Å². The van der Waals surface area contributed by atoms with Crippen LogP contribution in [-0.4, -0.2) is 18.2 Å². The van der Waals surface area contributed by atoms with Crippen LogP contribution in [0.1, 0.15) is 6.92 Å². The van der Waals surface area contributed by atoms with Crippen LogP contribution in [0.5, 0.6) is 0 Å². The molecule has 0 amide bonds. The third-order valence-corrected chi connectivity index (χ3v) is 0. The molecule has 56 valence electrons. The molecule has 0 aromatic carbocycles. The van der Waals surface area contributed by atoms with Gasteiger partial charge in [0.2, 0.25) is 0 Å². The van der Waals surface area contributed by atoms with Gasteiger partial charge in [-0.3, -0.25) is 0 Å². The van der Waals surface area contributed by atoms with Gasteiger partial charge in [0.05, 0.1) is 0 Å². The molecule has 7 heteroatoms. The van der Waals surface area contributed by atoms with Crippen LogP contribution >= 0.6 is 0 Å². The van der Waals surface area contributed by atoms with Gasteiger partial charge in [-0.2, -0.15) is 0 Å². The van der Waals surface area contributed by atoms with E-state index in [4.69, 9.17) is 15.0 Å². The first-order valence-corrected chi connectivity index (χ1v) is 1.36. The third kappa shape index (κ3) is 400. The molecule has 0 aromatic heterocycles. The van der Waals surface area contributed by atoms with Crippen LogP contribution < -0.4 is 29.9 Å². The molecule has 0 fully saturated rings. The van der Waals surface area contributed by atoms with Crippen molar-refractivity contribution in [3.63, 3.8) is 0 Å². The Hall–Kier alpha value is 1.26. The fourth-order valence-corrected chi connectivity index (χ4v) is 0. The maximum absolute atomic E-state index is 8.89. The monoisotopic (exact) mass is 289 g/mol. The number of rotatable bonds is 0. The molecule has 0 aliphatic carbocycles. The smallest absolute Gasteiger partial charge is 1.00 e. The molecule has 0 radical (unpaired) electrons. The third-order valence-electron chi connectivity index (χ3n) is 0. The Labute approximate surface area is 98.3 Å². The first-order valence-electron chi connectivity index (χ1n) is 1.36. The number of hydrogen-bond donors (Lipinski definition) is 1. The predicted molar refractivity (Wildman–Crippen MR) is 18.8 cm³/mol. The van der Waals surface area contributed by atoms with Crippen molar-refractivity contribution in [2.75, 3.05) is 7.11 Å². The molecule has 1 N–H and O–H groups in total. The topological polar surface area (TPSA) is 60.4 Å². The fourth-order valence-electron chi connectivity index (χ4n) is 0. The van der Waals surface area contributed by atoms with Gasteiger partial charge in [0, 0.05) is 32.6 Å². The Morgan fingerprint density at radius 2 is 1.30 bits per heavy atom. The quantitative estimate of drug-likeness (QED) is 0.451. The summed E-state index contributed by atoms with van der Waals surface area (Å²) in [6, 6.07) is 0. The molecule has 0 aliphatic heterocycles. The number of aliphatic carboxylic acids is 1. The first-order chi connectivity index (χ1) is 2.73. The number of carboxylic acid groups (broad SMARTS) is 1. The summed E-state index contributed by atoms with van der Waals surface area (Å²) in [5.41, 5.74) is 0. The van der Waals surface area contributed by atoms with Gasteiger partial charge < -0.3 is 39.8 Å². The van der Waals surface area contributed by atoms with Crippen LogP contribution in [0.2, 0.25) is 0 Å². The minimum Gasteiger partial charge on any atom is -1.00 e. The zero-order chi connectivity index (χ0) is 5.58. The SMILES string of the molecule is CC(=O)[O-].CO.[Cl-].[Cl-].[Zn+2].[Zn]. The number of carbonyl (C=O) groups excluding carboxylic acids is 1. The van der Waals surface area contributed by atoms with Crippen molar-refractivity contribution in [3.8, 4) is 0 Å². The zero-order valence-electron chi connectivity index (χ0n) is 5.93. The van der Waals surface area contributed by atoms with E-state index in [1.54, 1.807) is 0 Å². The van der Waals surface area contributed by atoms with E-state index < -0.39 is 5.97 Å². The summed E-state index contributed by atoms with van der Waals surface area (Å²) in [4.78, 5) is 8.89. The average Bonchev–Trinajstić information content (AvgIpc) is 1.41. The number of aliphatic hydroxyl groups excluding tert-OH is 1. The van der Waals surface area contributed by atoms with Crippen molar-refractivity contribution in [2.24, 2.45) is 0 Å². The number of aliphatic hydroxyl groups is 1. The van der Waals surface area contributed by atoms with Gasteiger partial charge in [0.25, 0.3) is 0 Å². The maximum Gasteiger partial charge on any atom is 2.00 e. The average molecular weight is 293 g/mol. The Balaban J connectivity index is -0.00000000625. The van der Waals surface area contributed by atoms with Crippen molar-refractivity contribution < 1.29 is 78.8 Å². The van der Waals surface area contributed by atoms with Crippen LogP contribution in [0.4, 0.5) is 0 Å². The van der Waals surface area contributed by atoms with Crippen LogP contribution in [0.25, 0.3) is 0 Å². The summed E-state index contributed by atoms with van der Waals surface area (Å²) >= 11 is 0. The summed E-state index contributed by atoms with van der Waals surface area (Å²) in [6.45, 7) is 0.972. The Kier molecular flexibility index (Phi) is 208. The van der Waals surface area contributed by atoms with Gasteiger partial charge in [-0.25, -0.2) is 0 Å². The molecule has 0 unspecified atom stereocenters. The number of carboxylic acids is 1. The standard InChI is InChI=1S/C2H4O2.CH4O.2ClH.2Zn/c1-2(3)4;1-2;;;;/h1H3,(H,3,4);2H,1H3;2*1H;;/q;;;;;+2/p-3. The van der Waals surface area contributed by atoms with Gasteiger partial charge in [-0.1, -0.05) is 0 Å². The number of hydrogen-bond acceptors (Lipinski definition) is 3. The second-order valence-electron chi connectivity index (χ2n) is 0.492. The van der Waals surface area contributed by atoms with Crippen molar-refractivity contribution in [1.29, 1.82) is 0 Å². The summed E-state index contributed by atoms with van der Waals surface area (Å²) < 4.78 is 0. The summed E-state index contributed by atoms with van der Waals surface area (Å²) in [5.74, 6) is -1.08. The normalized spacial score (nSPS) is 3.10. The van der Waals surface area contributed by atoms with Crippen LogP contribution in [0.15, 0.2) is 0 Å². The molecule has 3 nitrogen and oxygen atoms in total. The molecule has 0 aromatic rings. The Morgan fingerprint density at radius 1 is 1.30 bits per heavy atom. The van der Waals surface area contributed by atoms with E-state index >= 15 is 0 Å². The zero-order valence-corrected chi connectivity index (χ0v) is 13.4. The van der Waals surface area contributed by atoms with Crippen LogP contribution in [0, 0.1) is 0 Å². The van der Waals surface area contributed by atoms with Crippen molar-refractivity contribution in [1.82, 2.24) is 0 Å². The molecule has 0 rings (SSSR count). The van der Waals surface area contributed by atoms with Gasteiger partial charge in [-0.15, -0.1) is 0 Å². The second kappa shape index (κ2) is 48.5. The first kappa shape index (κ1) is 42.9. The molecule has 0 aliphatic rings. The fraction of sp³-hybridized carbons (Fsp3) is 0.667. The molecule has 10 heavy (non-hydrogen) atoms. The largest absolute Gasteiger partial charge is 2.00 e. The van der Waals surface area contributed by atoms with E-state index in [0.29, 0.717) is 0 Å². The molecule has 0 saturated carbocycles. The summed E-state index contributed by atoms with van der Waals surface area (Å²) in [5, 5.41) is 15.9. The minimum atomic E-state index is -1.08. The molecule has 0 heterocycles. The van der Waals surface area contributed by atoms with Crippen LogP contribution in [-0.2, 0) is 43.8 Å². The summed E-state index contributed by atoms with van der Waals surface area (Å²) in [6.07, 6.45) is 0. The van der Waals surface area contributed by atoms with Crippen molar-refractivity contribution in [3.05, 3.63) is 0 Å². The van der Waals surface area contributed by atoms with E-state index in [2.05, 4.69) is 0 Å². The molecular weight excluding hydrogens is 286 g/mol. The van der Waals surface area contributed by atoms with Gasteiger partial charge >= 0.3 is 19.5 Å². The second-order valence-corrected chi connectivity index (χ2v) is 0.492. The Bertz CT molecular complexity index is 42.7. The molecule has 0 bridgehead atoms. The van der Waals surface area contributed by atoms with Gasteiger partial charge in [0.1, 0.15) is 0 Å². The molecular formula is C3H7Cl2O3Zn2-. The predicted octanol–water partition coefficient (Wildman–Crippen LogP) is -7.63. The molecule has 0 spiro atoms. The van der Waals surface area contributed by atoms with E-state index in [1.807, 2.05) is 0 Å². The minimum absolute atomic E-state index is 0. The molecule has 0 saturated heterocycles. The van der Waals surface area contributed by atoms with E-state index in [0.717, 1.165) is 14.0 Å². The van der Waals surface area contributed by atoms with Crippen molar-refractivity contribution >= 4 is 5.97 Å². The number of halogens is 2. The van der Waals surface area contributed by atoms with Crippen molar-refractivity contribution in [2.45, 2.75) is 6.92 Å². The maximum atomic E-state index is 8.89. The Morgan fingerprint density at radius 3 is 1.30 bits per heavy atom. The number of carbonyl (C=O) groups is 1. The van der Waals surface area contributed by atoms with Gasteiger partial charge in [-0.05, 0) is 6.92 Å². The van der Waals surface area contributed by atoms with E-state index in [1.165, 1.54) is 0 Å².